The van der Waals surface area contributed by atoms with Crippen LogP contribution in [0.15, 0.2) is 10.6 Å². The van der Waals surface area contributed by atoms with Crippen molar-refractivity contribution in [2.75, 3.05) is 39.8 Å². The van der Waals surface area contributed by atoms with Crippen LogP contribution in [0.25, 0.3) is 0 Å². The van der Waals surface area contributed by atoms with Crippen LogP contribution in [0.3, 0.4) is 0 Å². The Morgan fingerprint density at radius 3 is 2.70 bits per heavy atom. The van der Waals surface area contributed by atoms with Crippen LogP contribution in [0.5, 0.6) is 0 Å². The van der Waals surface area contributed by atoms with Crippen molar-refractivity contribution in [1.82, 2.24) is 29.9 Å². The highest BCUT2D eigenvalue weighted by atomic mass is 32.2. The van der Waals surface area contributed by atoms with Gasteiger partial charge in [-0.2, -0.15) is 12.7 Å². The maximum Gasteiger partial charge on any atom is 0.353 e. The fourth-order valence-electron chi connectivity index (χ4n) is 5.73. The largest absolute Gasteiger partial charge is 0.477 e. The highest BCUT2D eigenvalue weighted by Gasteiger charge is 2.60. The Balaban J connectivity index is 1.37. The predicted octanol–water partition coefficient (Wildman–Crippen LogP) is -2.19. The van der Waals surface area contributed by atoms with Gasteiger partial charge in [0.2, 0.25) is 11.8 Å². The Morgan fingerprint density at radius 1 is 1.35 bits per heavy atom. The van der Waals surface area contributed by atoms with E-state index in [0.29, 0.717) is 37.4 Å². The number of carbonyl (C=O) groups excluding carboxylic acids is 2. The van der Waals surface area contributed by atoms with E-state index < -0.39 is 28.1 Å². The number of β-lactam (4-membered cyclic amide) rings is 1. The normalized spacial score (nSPS) is 33.0. The lowest BCUT2D eigenvalue weighted by Crippen LogP contribution is -2.66. The summed E-state index contributed by atoms with van der Waals surface area (Å²) in [4.78, 5) is 39.2. The summed E-state index contributed by atoms with van der Waals surface area (Å²) >= 11 is 1.45. The number of likely N-dealkylation sites (N-methyl/N-ethyl adjacent to an activating group) is 1. The van der Waals surface area contributed by atoms with Crippen LogP contribution in [0.1, 0.15) is 26.7 Å². The molecule has 15 heteroatoms. The van der Waals surface area contributed by atoms with Crippen molar-refractivity contribution in [3.05, 3.63) is 10.6 Å². The number of nitrogens with zero attached hydrogens (tertiary/aromatic N) is 2. The number of hydrogen-bond acceptors (Lipinski definition) is 9. The standard InChI is InChI=1S/C22H37N7O6S2/c1-11-18-17(12(2)27-16(30)9-24-3)21(31)29(18)19(22(32)33)20(11)36-15-6-14(25-8-15)7-26-37(34,35)28-5-4-13(23)10-28/h11-15,17-18,24-26H,4-10,23H2,1-3H3,(H,27,30)(H,32,33)/t11-,12-,13+,14+,15?,17-,18-/m1/s1. The molecule has 0 bridgehead atoms. The molecule has 7 N–H and O–H groups in total. The van der Waals surface area contributed by atoms with Gasteiger partial charge in [-0.3, -0.25) is 9.59 Å². The van der Waals surface area contributed by atoms with Gasteiger partial charge in [0.25, 0.3) is 10.2 Å². The molecule has 37 heavy (non-hydrogen) atoms. The number of thioether (sulfide) groups is 1. The first-order valence-electron chi connectivity index (χ1n) is 12.6. The SMILES string of the molecule is CNCC(=O)N[C@H](C)[C@H]1C(=O)N2C(C(=O)O)=C(SC3CN[C@H](CNS(=O)(=O)N4CC[C@H](N)C4)C3)[C@H](C)[C@H]12. The number of carbonyl (C=O) groups is 3. The number of aliphatic carboxylic acids is 1. The molecule has 0 aromatic heterocycles. The first kappa shape index (κ1) is 28.3. The molecule has 0 saturated carbocycles. The molecule has 0 aromatic carbocycles. The highest BCUT2D eigenvalue weighted by molar-refractivity contribution is 8.03. The van der Waals surface area contributed by atoms with E-state index in [2.05, 4.69) is 20.7 Å². The molecule has 4 aliphatic heterocycles. The summed E-state index contributed by atoms with van der Waals surface area (Å²) in [6.07, 6.45) is 1.29. The molecule has 208 valence electrons. The Hall–Kier alpha value is -1.75. The van der Waals surface area contributed by atoms with Crippen LogP contribution in [0.2, 0.25) is 0 Å². The third-order valence-electron chi connectivity index (χ3n) is 7.57. The van der Waals surface area contributed by atoms with E-state index in [9.17, 15) is 27.9 Å². The molecule has 13 nitrogen and oxygen atoms in total. The second-order valence-corrected chi connectivity index (χ2v) is 13.4. The van der Waals surface area contributed by atoms with Gasteiger partial charge in [-0.1, -0.05) is 6.92 Å². The molecule has 3 fully saturated rings. The quantitative estimate of drug-likeness (QED) is 0.152. The van der Waals surface area contributed by atoms with Gasteiger partial charge in [-0.05, 0) is 26.8 Å². The third-order valence-corrected chi connectivity index (χ3v) is 10.6. The van der Waals surface area contributed by atoms with Crippen LogP contribution in [0, 0.1) is 11.8 Å². The summed E-state index contributed by atoms with van der Waals surface area (Å²) in [6.45, 7) is 5.36. The first-order chi connectivity index (χ1) is 17.4. The topological polar surface area (TPSA) is 186 Å². The number of nitrogens with two attached hydrogens (primary N) is 1. The van der Waals surface area contributed by atoms with Gasteiger partial charge in [0.1, 0.15) is 5.70 Å². The number of rotatable bonds is 11. The van der Waals surface area contributed by atoms with Crippen molar-refractivity contribution in [2.24, 2.45) is 17.6 Å². The Bertz CT molecular complexity index is 1070. The van der Waals surface area contributed by atoms with E-state index in [1.54, 1.807) is 14.0 Å². The van der Waals surface area contributed by atoms with Crippen molar-refractivity contribution < 1.29 is 27.9 Å². The lowest BCUT2D eigenvalue weighted by atomic mass is 9.78. The molecule has 1 unspecified atom stereocenters. The summed E-state index contributed by atoms with van der Waals surface area (Å²) < 4.78 is 29.1. The molecule has 7 atom stereocenters. The Labute approximate surface area is 221 Å². The van der Waals surface area contributed by atoms with E-state index in [0.717, 1.165) is 0 Å². The molecule has 4 rings (SSSR count). The number of amides is 2. The molecule has 0 aromatic rings. The van der Waals surface area contributed by atoms with Gasteiger partial charge in [0.05, 0.1) is 18.5 Å². The zero-order chi connectivity index (χ0) is 27.1. The van der Waals surface area contributed by atoms with Crippen molar-refractivity contribution in [3.8, 4) is 0 Å². The summed E-state index contributed by atoms with van der Waals surface area (Å²) in [5.41, 5.74) is 5.85. The summed E-state index contributed by atoms with van der Waals surface area (Å²) in [5, 5.41) is 18.9. The summed E-state index contributed by atoms with van der Waals surface area (Å²) in [7, 11) is -1.94. The minimum absolute atomic E-state index is 0.0204. The average molecular weight is 560 g/mol. The smallest absolute Gasteiger partial charge is 0.353 e. The molecular weight excluding hydrogens is 522 g/mol. The molecule has 4 heterocycles. The Morgan fingerprint density at radius 2 is 2.08 bits per heavy atom. The maximum atomic E-state index is 13.0. The Kier molecular flexibility index (Phi) is 8.52. The highest BCUT2D eigenvalue weighted by Crippen LogP contribution is 2.51. The van der Waals surface area contributed by atoms with Gasteiger partial charge >= 0.3 is 5.97 Å². The number of hydrogen-bond donors (Lipinski definition) is 6. The third kappa shape index (κ3) is 5.67. The van der Waals surface area contributed by atoms with E-state index in [1.165, 1.54) is 21.0 Å². The van der Waals surface area contributed by atoms with Gasteiger partial charge in [0, 0.05) is 60.4 Å². The monoisotopic (exact) mass is 559 g/mol. The van der Waals surface area contributed by atoms with Crippen molar-refractivity contribution in [2.45, 2.75) is 56.1 Å². The number of nitrogens with one attached hydrogen (secondary N) is 4. The van der Waals surface area contributed by atoms with Crippen LogP contribution in [-0.2, 0) is 24.6 Å². The molecule has 3 saturated heterocycles. The zero-order valence-electron chi connectivity index (χ0n) is 21.3. The van der Waals surface area contributed by atoms with Gasteiger partial charge in [-0.15, -0.1) is 11.8 Å². The van der Waals surface area contributed by atoms with E-state index >= 15 is 0 Å². The summed E-state index contributed by atoms with van der Waals surface area (Å²) in [5.74, 6) is -2.35. The molecule has 2 amide bonds. The van der Waals surface area contributed by atoms with E-state index in [1.807, 2.05) is 6.92 Å². The van der Waals surface area contributed by atoms with Crippen molar-refractivity contribution >= 4 is 39.8 Å². The minimum atomic E-state index is -3.60. The second-order valence-electron chi connectivity index (χ2n) is 10.3. The van der Waals surface area contributed by atoms with E-state index in [4.69, 9.17) is 5.73 Å². The molecule has 0 radical (unpaired) electrons. The molecular formula is C22H37N7O6S2. The van der Waals surface area contributed by atoms with Crippen LogP contribution in [-0.4, -0.2) is 110 Å². The number of carboxylic acids is 1. The van der Waals surface area contributed by atoms with E-state index in [-0.39, 0.29) is 59.9 Å². The second kappa shape index (κ2) is 11.2. The number of carboxylic acid groups (broad SMARTS) is 1. The number of fused-ring (bicyclic) bond motifs is 1. The fourth-order valence-corrected chi connectivity index (χ4v) is 8.57. The van der Waals surface area contributed by atoms with Crippen molar-refractivity contribution in [3.63, 3.8) is 0 Å². The van der Waals surface area contributed by atoms with Gasteiger partial charge in [0.15, 0.2) is 0 Å². The molecule has 0 aliphatic carbocycles. The molecule has 4 aliphatic rings. The zero-order valence-corrected chi connectivity index (χ0v) is 22.9. The minimum Gasteiger partial charge on any atom is -0.477 e. The molecule has 0 spiro atoms. The van der Waals surface area contributed by atoms with Crippen LogP contribution in [0.4, 0.5) is 0 Å². The summed E-state index contributed by atoms with van der Waals surface area (Å²) in [6, 6.07) is -0.984. The fraction of sp³-hybridized carbons (Fsp3) is 0.773. The maximum absolute atomic E-state index is 13.0. The van der Waals surface area contributed by atoms with Crippen LogP contribution >= 0.6 is 11.8 Å². The van der Waals surface area contributed by atoms with Crippen molar-refractivity contribution in [1.29, 1.82) is 0 Å². The predicted molar refractivity (Wildman–Crippen MR) is 138 cm³/mol. The van der Waals surface area contributed by atoms with Crippen LogP contribution < -0.4 is 26.4 Å². The first-order valence-corrected chi connectivity index (χ1v) is 14.9. The van der Waals surface area contributed by atoms with Gasteiger partial charge < -0.3 is 31.7 Å². The lowest BCUT2D eigenvalue weighted by molar-refractivity contribution is -0.158. The lowest BCUT2D eigenvalue weighted by Gasteiger charge is -2.47. The van der Waals surface area contributed by atoms with Gasteiger partial charge in [-0.25, -0.2) is 9.52 Å². The average Bonchev–Trinajstić information content (AvgIpc) is 3.51.